The molecule has 0 fully saturated rings. The number of hydrogen-bond acceptors (Lipinski definition) is 3. The fourth-order valence-corrected chi connectivity index (χ4v) is 0.628. The smallest absolute Gasteiger partial charge is 0.286 e. The first-order valence-corrected chi connectivity index (χ1v) is 2.86. The summed E-state index contributed by atoms with van der Waals surface area (Å²) in [5.41, 5.74) is 4.95. The number of carbonyl (C=O) groups excluding carboxylic acids is 1. The number of carbonyl (C=O) groups is 1. The highest BCUT2D eigenvalue weighted by Gasteiger charge is 2.07. The van der Waals surface area contributed by atoms with Crippen molar-refractivity contribution in [1.82, 2.24) is 14.8 Å². The first kappa shape index (κ1) is 6.73. The molecule has 0 spiro atoms. The summed E-state index contributed by atoms with van der Waals surface area (Å²) in [7, 11) is 0. The van der Waals surface area contributed by atoms with Crippen molar-refractivity contribution in [3.8, 4) is 0 Å². The maximum Gasteiger partial charge on any atom is 0.286 e. The van der Waals surface area contributed by atoms with E-state index in [2.05, 4.69) is 16.5 Å². The van der Waals surface area contributed by atoms with Crippen LogP contribution in [0.1, 0.15) is 17.5 Å². The molecular weight excluding hydrogens is 132 g/mol. The Balaban J connectivity index is 3.01. The molecule has 0 bridgehead atoms. The highest BCUT2D eigenvalue weighted by atomic mass is 16.1. The van der Waals surface area contributed by atoms with Gasteiger partial charge in [0.05, 0.1) is 0 Å². The van der Waals surface area contributed by atoms with Crippen LogP contribution in [0.15, 0.2) is 0 Å². The van der Waals surface area contributed by atoms with E-state index in [-0.39, 0.29) is 5.82 Å². The number of primary amides is 1. The molecule has 53 valence electrons. The lowest BCUT2D eigenvalue weighted by Crippen LogP contribution is -2.17. The van der Waals surface area contributed by atoms with Gasteiger partial charge in [0, 0.05) is 6.54 Å². The molecule has 0 aromatic carbocycles. The van der Waals surface area contributed by atoms with Crippen LogP contribution in [-0.2, 0) is 6.54 Å². The summed E-state index contributed by atoms with van der Waals surface area (Å²) in [5.74, 6) is -0.418. The Labute approximate surface area is 57.9 Å². The predicted octanol–water partition coefficient (Wildman–Crippen LogP) is -0.803. The van der Waals surface area contributed by atoms with E-state index >= 15 is 0 Å². The molecule has 5 nitrogen and oxygen atoms in total. The normalized spacial score (nSPS) is 9.70. The quantitative estimate of drug-likeness (QED) is 0.582. The highest BCUT2D eigenvalue weighted by Crippen LogP contribution is 1.90. The zero-order valence-electron chi connectivity index (χ0n) is 5.53. The second kappa shape index (κ2) is 2.47. The predicted molar refractivity (Wildman–Crippen MR) is 33.0 cm³/mol. The van der Waals surface area contributed by atoms with Crippen molar-refractivity contribution in [3.63, 3.8) is 0 Å². The van der Waals surface area contributed by atoms with Crippen LogP contribution in [0.25, 0.3) is 0 Å². The molecule has 1 aromatic heterocycles. The van der Waals surface area contributed by atoms with Gasteiger partial charge in [-0.25, -0.2) is 0 Å². The van der Waals surface area contributed by atoms with Crippen LogP contribution in [0.2, 0.25) is 0 Å². The molecule has 10 heavy (non-hydrogen) atoms. The van der Waals surface area contributed by atoms with Crippen molar-refractivity contribution in [2.75, 3.05) is 0 Å². The van der Waals surface area contributed by atoms with Crippen LogP contribution in [0.5, 0.6) is 0 Å². The molecule has 0 aliphatic heterocycles. The minimum Gasteiger partial charge on any atom is -0.363 e. The molecule has 0 aliphatic carbocycles. The van der Waals surface area contributed by atoms with E-state index in [1.54, 1.807) is 0 Å². The zero-order chi connectivity index (χ0) is 7.56. The van der Waals surface area contributed by atoms with Crippen molar-refractivity contribution in [2.24, 2.45) is 5.73 Å². The van der Waals surface area contributed by atoms with Gasteiger partial charge in [-0.1, -0.05) is 0 Å². The largest absolute Gasteiger partial charge is 0.363 e. The molecule has 1 radical (unpaired) electrons. The van der Waals surface area contributed by atoms with Gasteiger partial charge in [-0.05, 0) is 6.92 Å². The van der Waals surface area contributed by atoms with Crippen LogP contribution in [0.3, 0.4) is 0 Å². The highest BCUT2D eigenvalue weighted by molar-refractivity contribution is 5.88. The van der Waals surface area contributed by atoms with Crippen molar-refractivity contribution >= 4 is 5.91 Å². The minimum atomic E-state index is -0.574. The molecule has 0 unspecified atom stereocenters. The molecule has 0 atom stereocenters. The summed E-state index contributed by atoms with van der Waals surface area (Å²) in [5, 5.41) is 6.87. The Morgan fingerprint density at radius 3 is 3.00 bits per heavy atom. The number of aryl methyl sites for hydroxylation is 1. The van der Waals surface area contributed by atoms with Crippen LogP contribution in [0.4, 0.5) is 0 Å². The van der Waals surface area contributed by atoms with E-state index in [4.69, 9.17) is 5.73 Å². The third-order valence-corrected chi connectivity index (χ3v) is 1.10. The van der Waals surface area contributed by atoms with Gasteiger partial charge in [0.25, 0.3) is 5.91 Å². The molecule has 1 aromatic rings. The molecule has 1 rings (SSSR count). The van der Waals surface area contributed by atoms with E-state index in [9.17, 15) is 4.79 Å². The average Bonchev–Trinajstić information content (AvgIpc) is 2.33. The Hall–Kier alpha value is -1.39. The Kier molecular flexibility index (Phi) is 1.66. The first-order chi connectivity index (χ1) is 4.75. The lowest BCUT2D eigenvalue weighted by molar-refractivity contribution is 0.0986. The van der Waals surface area contributed by atoms with Gasteiger partial charge in [0.1, 0.15) is 0 Å². The number of amides is 1. The van der Waals surface area contributed by atoms with Crippen molar-refractivity contribution in [3.05, 3.63) is 12.2 Å². The number of hydrogen-bond donors (Lipinski definition) is 1. The average molecular weight is 139 g/mol. The Bertz CT molecular complexity index is 242. The van der Waals surface area contributed by atoms with E-state index in [1.807, 2.05) is 6.92 Å². The molecule has 1 amide bonds. The number of rotatable bonds is 2. The van der Waals surface area contributed by atoms with Crippen LogP contribution >= 0.6 is 0 Å². The van der Waals surface area contributed by atoms with Crippen molar-refractivity contribution < 1.29 is 4.79 Å². The Morgan fingerprint density at radius 1 is 1.90 bits per heavy atom. The molecule has 1 heterocycles. The Morgan fingerprint density at radius 2 is 2.60 bits per heavy atom. The van der Waals surface area contributed by atoms with Gasteiger partial charge in [-0.3, -0.25) is 4.79 Å². The van der Waals surface area contributed by atoms with E-state index in [0.29, 0.717) is 6.54 Å². The molecule has 5 heteroatoms. The monoisotopic (exact) mass is 139 g/mol. The second-order valence-electron chi connectivity index (χ2n) is 1.73. The topological polar surface area (TPSA) is 73.8 Å². The fourth-order valence-electron chi connectivity index (χ4n) is 0.628. The number of aromatic nitrogens is 3. The first-order valence-electron chi connectivity index (χ1n) is 2.86. The lowest BCUT2D eigenvalue weighted by atomic mass is 10.5. The van der Waals surface area contributed by atoms with Gasteiger partial charge in [0.2, 0.25) is 12.2 Å². The van der Waals surface area contributed by atoms with Crippen molar-refractivity contribution in [1.29, 1.82) is 0 Å². The van der Waals surface area contributed by atoms with E-state index in [1.165, 1.54) is 4.57 Å². The second-order valence-corrected chi connectivity index (χ2v) is 1.73. The van der Waals surface area contributed by atoms with Gasteiger partial charge in [-0.2, -0.15) is 0 Å². The lowest BCUT2D eigenvalue weighted by Gasteiger charge is -1.95. The maximum atomic E-state index is 10.5. The summed E-state index contributed by atoms with van der Waals surface area (Å²) in [6, 6.07) is 0. The van der Waals surface area contributed by atoms with Crippen LogP contribution in [0, 0.1) is 6.33 Å². The third kappa shape index (κ3) is 0.975. The number of nitrogens with two attached hydrogens (primary N) is 1. The third-order valence-electron chi connectivity index (χ3n) is 1.10. The molecule has 0 saturated heterocycles. The van der Waals surface area contributed by atoms with E-state index in [0.717, 1.165) is 0 Å². The van der Waals surface area contributed by atoms with Gasteiger partial charge < -0.3 is 10.3 Å². The van der Waals surface area contributed by atoms with Gasteiger partial charge in [-0.15, -0.1) is 10.2 Å². The van der Waals surface area contributed by atoms with Gasteiger partial charge >= 0.3 is 0 Å². The maximum absolute atomic E-state index is 10.5. The SMILES string of the molecule is CCn1[c]nnc1C(N)=O. The zero-order valence-corrected chi connectivity index (χ0v) is 5.53. The van der Waals surface area contributed by atoms with Crippen LogP contribution in [-0.4, -0.2) is 20.7 Å². The number of nitrogens with zero attached hydrogens (tertiary/aromatic N) is 3. The van der Waals surface area contributed by atoms with Crippen molar-refractivity contribution in [2.45, 2.75) is 13.5 Å². The summed E-state index contributed by atoms with van der Waals surface area (Å²) >= 11 is 0. The molecule has 0 aliphatic rings. The molecular formula is C5H7N4O. The minimum absolute atomic E-state index is 0.155. The van der Waals surface area contributed by atoms with E-state index < -0.39 is 5.91 Å². The molecule has 0 saturated carbocycles. The standard InChI is InChI=1S/C5H7N4O/c1-2-9-3-7-8-5(9)4(6)10/h2H2,1H3,(H2,6,10). The summed E-state index contributed by atoms with van der Waals surface area (Å²) < 4.78 is 1.46. The van der Waals surface area contributed by atoms with Gasteiger partial charge in [0.15, 0.2) is 0 Å². The molecule has 2 N–H and O–H groups in total. The summed E-state index contributed by atoms with van der Waals surface area (Å²) in [4.78, 5) is 10.5. The fraction of sp³-hybridized carbons (Fsp3) is 0.400. The summed E-state index contributed by atoms with van der Waals surface area (Å²) in [6.07, 6.45) is 2.49. The summed E-state index contributed by atoms with van der Waals surface area (Å²) in [6.45, 7) is 2.46. The van der Waals surface area contributed by atoms with Crippen LogP contribution < -0.4 is 5.73 Å².